The van der Waals surface area contributed by atoms with Crippen molar-refractivity contribution in [3.05, 3.63) is 53.6 Å². The third kappa shape index (κ3) is 9.70. The first-order valence-corrected chi connectivity index (χ1v) is 13.8. The van der Waals surface area contributed by atoms with E-state index in [0.717, 1.165) is 0 Å². The average molecular weight is 577 g/mol. The summed E-state index contributed by atoms with van der Waals surface area (Å²) in [5.74, 6) is -2.01. The van der Waals surface area contributed by atoms with Crippen molar-refractivity contribution in [1.29, 1.82) is 0 Å². The van der Waals surface area contributed by atoms with E-state index in [9.17, 15) is 19.2 Å². The van der Waals surface area contributed by atoms with Crippen molar-refractivity contribution in [3.8, 4) is 5.75 Å². The lowest BCUT2D eigenvalue weighted by Gasteiger charge is -2.29. The number of cyclic esters (lactones) is 2. The summed E-state index contributed by atoms with van der Waals surface area (Å²) >= 11 is 6.26. The van der Waals surface area contributed by atoms with E-state index < -0.39 is 47.4 Å². The summed E-state index contributed by atoms with van der Waals surface area (Å²) in [5.41, 5.74) is -0.472. The first-order valence-electron chi connectivity index (χ1n) is 13.4. The molecule has 9 nitrogen and oxygen atoms in total. The number of methoxy groups -OCH3 is 1. The maximum Gasteiger partial charge on any atom is 0.347 e. The molecule has 0 aromatic heterocycles. The van der Waals surface area contributed by atoms with Crippen LogP contribution in [-0.4, -0.2) is 55.7 Å². The molecule has 0 radical (unpaired) electrons. The van der Waals surface area contributed by atoms with Gasteiger partial charge in [0.05, 0.1) is 17.5 Å². The Kier molecular flexibility index (Phi) is 12.2. The molecular formula is C30H41ClN2O7. The molecule has 0 bridgehead atoms. The average Bonchev–Trinajstić information content (AvgIpc) is 2.89. The Morgan fingerprint density at radius 3 is 2.48 bits per heavy atom. The van der Waals surface area contributed by atoms with Gasteiger partial charge in [-0.3, -0.25) is 14.4 Å². The van der Waals surface area contributed by atoms with Gasteiger partial charge in [0.15, 0.2) is 6.10 Å². The van der Waals surface area contributed by atoms with Crippen molar-refractivity contribution >= 4 is 35.4 Å². The molecule has 220 valence electrons. The second-order valence-electron chi connectivity index (χ2n) is 11.1. The Balaban J connectivity index is 2.41. The summed E-state index contributed by atoms with van der Waals surface area (Å²) in [7, 11) is 1.50. The van der Waals surface area contributed by atoms with Gasteiger partial charge in [-0.2, -0.15) is 0 Å². The number of amides is 2. The minimum Gasteiger partial charge on any atom is -0.495 e. The molecule has 0 fully saturated rings. The normalized spacial score (nSPS) is 23.4. The molecule has 1 aromatic carbocycles. The topological polar surface area (TPSA) is 120 Å². The summed E-state index contributed by atoms with van der Waals surface area (Å²) in [6, 6.07) is 4.14. The summed E-state index contributed by atoms with van der Waals surface area (Å²) in [4.78, 5) is 52.3. The SMILES string of the molecule is C=C[C@@H](C)[C@@H]1CC=CC(=O)N[C@H](Cc2ccc(OC)c(Cl)c2)C(=O)NCC(C)(C)C(=O)O[C@@H](CC(C)C)C(=O)O1. The number of carbonyl (C=O) groups excluding carboxylic acids is 4. The van der Waals surface area contributed by atoms with E-state index in [-0.39, 0.29) is 37.6 Å². The lowest BCUT2D eigenvalue weighted by molar-refractivity contribution is -0.178. The van der Waals surface area contributed by atoms with Gasteiger partial charge in [-0.15, -0.1) is 6.58 Å². The van der Waals surface area contributed by atoms with Crippen molar-refractivity contribution in [2.75, 3.05) is 13.7 Å². The molecule has 1 aromatic rings. The minimum atomic E-state index is -1.17. The fourth-order valence-corrected chi connectivity index (χ4v) is 4.25. The molecule has 0 saturated carbocycles. The molecule has 0 spiro atoms. The Morgan fingerprint density at radius 2 is 1.88 bits per heavy atom. The lowest BCUT2D eigenvalue weighted by atomic mass is 9.93. The number of halogens is 1. The predicted octanol–water partition coefficient (Wildman–Crippen LogP) is 4.17. The van der Waals surface area contributed by atoms with E-state index in [4.69, 9.17) is 25.8 Å². The number of carbonyl (C=O) groups is 4. The summed E-state index contributed by atoms with van der Waals surface area (Å²) < 4.78 is 16.6. The molecular weight excluding hydrogens is 536 g/mol. The zero-order valence-electron chi connectivity index (χ0n) is 24.1. The quantitative estimate of drug-likeness (QED) is 0.369. The van der Waals surface area contributed by atoms with Gasteiger partial charge in [0.25, 0.3) is 0 Å². The number of rotatable bonds is 7. The number of ether oxygens (including phenoxy) is 3. The zero-order chi connectivity index (χ0) is 30.0. The third-order valence-corrected chi connectivity index (χ3v) is 6.90. The summed E-state index contributed by atoms with van der Waals surface area (Å²) in [5, 5.41) is 5.84. The molecule has 40 heavy (non-hydrogen) atoms. The molecule has 0 saturated heterocycles. The highest BCUT2D eigenvalue weighted by Gasteiger charge is 2.36. The first-order chi connectivity index (χ1) is 18.8. The van der Waals surface area contributed by atoms with Gasteiger partial charge in [0, 0.05) is 25.3 Å². The second kappa shape index (κ2) is 14.9. The van der Waals surface area contributed by atoms with E-state index in [1.165, 1.54) is 13.2 Å². The van der Waals surface area contributed by atoms with Gasteiger partial charge in [-0.05, 0) is 50.0 Å². The minimum absolute atomic E-state index is 0.0462. The maximum absolute atomic E-state index is 13.3. The van der Waals surface area contributed by atoms with E-state index in [1.807, 2.05) is 20.8 Å². The highest BCUT2D eigenvalue weighted by molar-refractivity contribution is 6.32. The van der Waals surface area contributed by atoms with Gasteiger partial charge in [-0.1, -0.05) is 50.6 Å². The molecule has 2 amide bonds. The van der Waals surface area contributed by atoms with Crippen molar-refractivity contribution in [2.24, 2.45) is 17.3 Å². The van der Waals surface area contributed by atoms with Crippen molar-refractivity contribution < 1.29 is 33.4 Å². The van der Waals surface area contributed by atoms with Gasteiger partial charge in [-0.25, -0.2) is 4.79 Å². The van der Waals surface area contributed by atoms with E-state index in [0.29, 0.717) is 16.3 Å². The summed E-state index contributed by atoms with van der Waals surface area (Å²) in [6.45, 7) is 12.6. The third-order valence-electron chi connectivity index (χ3n) is 6.61. The van der Waals surface area contributed by atoms with E-state index in [1.54, 1.807) is 44.2 Å². The van der Waals surface area contributed by atoms with Crippen LogP contribution in [0.15, 0.2) is 43.0 Å². The zero-order valence-corrected chi connectivity index (χ0v) is 24.9. The van der Waals surface area contributed by atoms with Gasteiger partial charge < -0.3 is 24.8 Å². The fourth-order valence-electron chi connectivity index (χ4n) is 3.97. The molecule has 1 aliphatic rings. The van der Waals surface area contributed by atoms with Gasteiger partial charge in [0.1, 0.15) is 17.9 Å². The van der Waals surface area contributed by atoms with E-state index in [2.05, 4.69) is 17.2 Å². The smallest absolute Gasteiger partial charge is 0.347 e. The van der Waals surface area contributed by atoms with Crippen LogP contribution >= 0.6 is 11.6 Å². The maximum atomic E-state index is 13.3. The number of hydrogen-bond acceptors (Lipinski definition) is 7. The van der Waals surface area contributed by atoms with Crippen molar-refractivity contribution in [3.63, 3.8) is 0 Å². The van der Waals surface area contributed by atoms with Crippen molar-refractivity contribution in [1.82, 2.24) is 10.6 Å². The van der Waals surface area contributed by atoms with E-state index >= 15 is 0 Å². The fraction of sp³-hybridized carbons (Fsp3) is 0.533. The van der Waals surface area contributed by atoms with Crippen LogP contribution in [0.2, 0.25) is 5.02 Å². The molecule has 4 atom stereocenters. The molecule has 2 rings (SSSR count). The standard InChI is InChI=1S/C30H41ClN2O7/c1-8-19(4)23-10-9-11-26(34)33-22(16-20-12-13-24(38-7)21(31)15-20)27(35)32-17-30(5,6)29(37)40-25(14-18(2)3)28(36)39-23/h8-9,11-13,15,18-19,22-23,25H,1,10,14,16-17H2,2-7H3,(H,32,35)(H,33,34)/t19-,22-,23+,25+/m1/s1. The number of esters is 2. The number of nitrogens with one attached hydrogen (secondary N) is 2. The van der Waals surface area contributed by atoms with Crippen LogP contribution in [0.4, 0.5) is 0 Å². The number of hydrogen-bond donors (Lipinski definition) is 2. The Bertz CT molecular complexity index is 1120. The Labute approximate surface area is 241 Å². The second-order valence-corrected chi connectivity index (χ2v) is 11.5. The highest BCUT2D eigenvalue weighted by atomic mass is 35.5. The molecule has 0 aliphatic carbocycles. The van der Waals surface area contributed by atoms with Gasteiger partial charge >= 0.3 is 11.9 Å². The van der Waals surface area contributed by atoms with Crippen LogP contribution in [-0.2, 0) is 35.1 Å². The van der Waals surface area contributed by atoms with Crippen LogP contribution in [0.1, 0.15) is 53.0 Å². The Hall–Kier alpha value is -3.33. The number of benzene rings is 1. The highest BCUT2D eigenvalue weighted by Crippen LogP contribution is 2.26. The molecule has 0 unspecified atom stereocenters. The van der Waals surface area contributed by atoms with Crippen LogP contribution in [0, 0.1) is 17.3 Å². The molecule has 1 aliphatic heterocycles. The van der Waals surface area contributed by atoms with Crippen molar-refractivity contribution in [2.45, 2.75) is 72.1 Å². The predicted molar refractivity (Wildman–Crippen MR) is 153 cm³/mol. The van der Waals surface area contributed by atoms with Gasteiger partial charge in [0.2, 0.25) is 11.8 Å². The van der Waals surface area contributed by atoms with Crippen LogP contribution in [0.25, 0.3) is 0 Å². The summed E-state index contributed by atoms with van der Waals surface area (Å²) in [6.07, 6.45) is 3.41. The van der Waals surface area contributed by atoms with Crippen LogP contribution < -0.4 is 15.4 Å². The Morgan fingerprint density at radius 1 is 1.18 bits per heavy atom. The first kappa shape index (κ1) is 32.9. The van der Waals surface area contributed by atoms with Crippen LogP contribution in [0.3, 0.4) is 0 Å². The monoisotopic (exact) mass is 576 g/mol. The largest absolute Gasteiger partial charge is 0.495 e. The lowest BCUT2D eigenvalue weighted by Crippen LogP contribution is -2.51. The molecule has 10 heteroatoms. The van der Waals surface area contributed by atoms with Crippen LogP contribution in [0.5, 0.6) is 5.75 Å². The molecule has 1 heterocycles. The molecule has 2 N–H and O–H groups in total.